The van der Waals surface area contributed by atoms with Gasteiger partial charge in [0.2, 0.25) is 10.0 Å². The summed E-state index contributed by atoms with van der Waals surface area (Å²) in [7, 11) is -1.73. The molecule has 1 aliphatic rings. The van der Waals surface area contributed by atoms with Gasteiger partial charge in [-0.3, -0.25) is 4.68 Å². The van der Waals surface area contributed by atoms with Gasteiger partial charge in [0.25, 0.3) is 0 Å². The minimum Gasteiger partial charge on any atom is -0.486 e. The molecule has 1 aliphatic heterocycles. The predicted octanol–water partition coefficient (Wildman–Crippen LogP) is 0.424. The van der Waals surface area contributed by atoms with Crippen LogP contribution < -0.4 is 14.8 Å². The number of hydrogen-bond donors (Lipinski definition) is 2. The van der Waals surface area contributed by atoms with Crippen molar-refractivity contribution in [2.45, 2.75) is 30.4 Å². The maximum Gasteiger partial charge on any atom is 0.240 e. The molecule has 0 spiro atoms. The van der Waals surface area contributed by atoms with Crippen LogP contribution in [-0.4, -0.2) is 42.3 Å². The van der Waals surface area contributed by atoms with E-state index >= 15 is 0 Å². The molecule has 1 atom stereocenters. The number of benzene rings is 1. The largest absolute Gasteiger partial charge is 0.486 e. The van der Waals surface area contributed by atoms with Gasteiger partial charge in [-0.1, -0.05) is 0 Å². The molecule has 0 bridgehead atoms. The summed E-state index contributed by atoms with van der Waals surface area (Å²) in [5.41, 5.74) is 0. The van der Waals surface area contributed by atoms with Gasteiger partial charge in [-0.2, -0.15) is 5.10 Å². The van der Waals surface area contributed by atoms with Crippen LogP contribution >= 0.6 is 0 Å². The van der Waals surface area contributed by atoms with E-state index in [1.54, 1.807) is 36.0 Å². The van der Waals surface area contributed by atoms with E-state index in [1.165, 1.54) is 6.33 Å². The van der Waals surface area contributed by atoms with Crippen LogP contribution in [0, 0.1) is 0 Å². The van der Waals surface area contributed by atoms with Crippen molar-refractivity contribution in [3.05, 3.63) is 36.4 Å². The molecule has 3 rings (SSSR count). The summed E-state index contributed by atoms with van der Waals surface area (Å²) in [4.78, 5) is 4.30. The summed E-state index contributed by atoms with van der Waals surface area (Å²) < 4.78 is 34.8. The lowest BCUT2D eigenvalue weighted by Crippen LogP contribution is -2.45. The number of aryl methyl sites for hydroxylation is 1. The highest BCUT2D eigenvalue weighted by Gasteiger charge is 2.21. The lowest BCUT2D eigenvalue weighted by molar-refractivity contribution is 0.289. The summed E-state index contributed by atoms with van der Waals surface area (Å²) >= 11 is 0. The zero-order valence-corrected chi connectivity index (χ0v) is 14.3. The van der Waals surface area contributed by atoms with Crippen molar-refractivity contribution < 1.29 is 13.2 Å². The van der Waals surface area contributed by atoms with Gasteiger partial charge in [0, 0.05) is 19.6 Å². The zero-order valence-electron chi connectivity index (χ0n) is 13.5. The van der Waals surface area contributed by atoms with Gasteiger partial charge < -0.3 is 10.1 Å². The third-order valence-corrected chi connectivity index (χ3v) is 5.46. The second-order valence-electron chi connectivity index (χ2n) is 5.72. The summed E-state index contributed by atoms with van der Waals surface area (Å²) in [5.74, 6) is 1.27. The summed E-state index contributed by atoms with van der Waals surface area (Å²) in [5, 5.41) is 7.16. The Bertz CT molecular complexity index is 767. The number of aromatic nitrogens is 3. The average molecular weight is 351 g/mol. The summed E-state index contributed by atoms with van der Waals surface area (Å²) in [6, 6.07) is 6.32. The molecule has 2 aromatic rings. The van der Waals surface area contributed by atoms with Crippen molar-refractivity contribution in [3.63, 3.8) is 0 Å². The van der Waals surface area contributed by atoms with E-state index in [9.17, 15) is 8.42 Å². The molecule has 24 heavy (non-hydrogen) atoms. The molecule has 0 unspecified atom stereocenters. The second kappa shape index (κ2) is 7.29. The van der Waals surface area contributed by atoms with E-state index in [2.05, 4.69) is 20.1 Å². The van der Waals surface area contributed by atoms with Crippen molar-refractivity contribution in [1.29, 1.82) is 0 Å². The van der Waals surface area contributed by atoms with Crippen LogP contribution in [0.2, 0.25) is 0 Å². The molecule has 2 N–H and O–H groups in total. The number of rotatable bonds is 6. The maximum absolute atomic E-state index is 12.4. The number of nitrogens with one attached hydrogen (secondary N) is 2. The number of sulfonamides is 1. The Hall–Kier alpha value is -1.97. The van der Waals surface area contributed by atoms with Gasteiger partial charge >= 0.3 is 0 Å². The molecule has 0 aliphatic carbocycles. The first kappa shape index (κ1) is 16.9. The van der Waals surface area contributed by atoms with E-state index in [0.717, 1.165) is 19.4 Å². The van der Waals surface area contributed by atoms with Gasteiger partial charge in [0.1, 0.15) is 18.7 Å². The number of piperidine rings is 1. The Morgan fingerprint density at radius 3 is 2.79 bits per heavy atom. The van der Waals surface area contributed by atoms with Crippen molar-refractivity contribution in [2.75, 3.05) is 13.1 Å². The summed E-state index contributed by atoms with van der Waals surface area (Å²) in [6.45, 7) is 1.88. The fourth-order valence-electron chi connectivity index (χ4n) is 2.55. The molecular weight excluding hydrogens is 330 g/mol. The molecule has 0 saturated carbocycles. The third kappa shape index (κ3) is 4.11. The van der Waals surface area contributed by atoms with Crippen LogP contribution in [0.25, 0.3) is 0 Å². The molecule has 130 valence electrons. The van der Waals surface area contributed by atoms with Crippen molar-refractivity contribution >= 4 is 10.0 Å². The third-order valence-electron chi connectivity index (χ3n) is 3.93. The molecule has 1 aromatic carbocycles. The molecule has 1 fully saturated rings. The lowest BCUT2D eigenvalue weighted by Gasteiger charge is -2.23. The van der Waals surface area contributed by atoms with Crippen LogP contribution in [0.4, 0.5) is 0 Å². The Morgan fingerprint density at radius 1 is 1.38 bits per heavy atom. The zero-order chi connectivity index (χ0) is 17.0. The van der Waals surface area contributed by atoms with E-state index < -0.39 is 10.0 Å². The quantitative estimate of drug-likeness (QED) is 0.783. The molecule has 1 aromatic heterocycles. The van der Waals surface area contributed by atoms with Crippen molar-refractivity contribution in [2.24, 2.45) is 7.05 Å². The highest BCUT2D eigenvalue weighted by atomic mass is 32.2. The fraction of sp³-hybridized carbons (Fsp3) is 0.467. The van der Waals surface area contributed by atoms with Gasteiger partial charge in [0.05, 0.1) is 4.90 Å². The molecule has 2 heterocycles. The van der Waals surface area contributed by atoms with Crippen molar-refractivity contribution in [3.8, 4) is 5.75 Å². The Balaban J connectivity index is 1.61. The van der Waals surface area contributed by atoms with E-state index in [1.807, 2.05) is 0 Å². The van der Waals surface area contributed by atoms with Gasteiger partial charge in [-0.25, -0.2) is 18.1 Å². The Labute approximate surface area is 141 Å². The molecule has 9 heteroatoms. The molecule has 0 amide bonds. The smallest absolute Gasteiger partial charge is 0.240 e. The van der Waals surface area contributed by atoms with Crippen LogP contribution in [0.1, 0.15) is 18.7 Å². The van der Waals surface area contributed by atoms with E-state index in [4.69, 9.17) is 4.74 Å². The first-order valence-electron chi connectivity index (χ1n) is 7.83. The van der Waals surface area contributed by atoms with Crippen LogP contribution in [-0.2, 0) is 23.7 Å². The second-order valence-corrected chi connectivity index (χ2v) is 7.44. The minimum absolute atomic E-state index is 0.0596. The van der Waals surface area contributed by atoms with Gasteiger partial charge in [0.15, 0.2) is 5.82 Å². The Morgan fingerprint density at radius 2 is 2.17 bits per heavy atom. The van der Waals surface area contributed by atoms with Crippen LogP contribution in [0.5, 0.6) is 5.75 Å². The molecule has 0 radical (unpaired) electrons. The summed E-state index contributed by atoms with van der Waals surface area (Å²) in [6.07, 6.45) is 3.29. The monoisotopic (exact) mass is 351 g/mol. The number of nitrogens with zero attached hydrogens (tertiary/aromatic N) is 3. The first-order chi connectivity index (χ1) is 11.5. The number of hydrogen-bond acceptors (Lipinski definition) is 6. The topological polar surface area (TPSA) is 98.1 Å². The minimum atomic E-state index is -3.51. The molecule has 1 saturated heterocycles. The van der Waals surface area contributed by atoms with Crippen LogP contribution in [0.15, 0.2) is 35.5 Å². The highest BCUT2D eigenvalue weighted by Crippen LogP contribution is 2.17. The normalized spacial score (nSPS) is 18.5. The fourth-order valence-corrected chi connectivity index (χ4v) is 3.82. The standard InChI is InChI=1S/C15H21N5O3S/c1-20-15(17-11-18-20)10-23-13-4-6-14(7-5-13)24(21,22)19-12-3-2-8-16-9-12/h4-7,11-12,16,19H,2-3,8-10H2,1H3/t12-/m0/s1. The van der Waals surface area contributed by atoms with E-state index in [0.29, 0.717) is 18.1 Å². The van der Waals surface area contributed by atoms with E-state index in [-0.39, 0.29) is 17.5 Å². The Kier molecular flexibility index (Phi) is 5.12. The predicted molar refractivity (Wildman–Crippen MR) is 88.0 cm³/mol. The van der Waals surface area contributed by atoms with Gasteiger partial charge in [-0.05, 0) is 43.7 Å². The average Bonchev–Trinajstić information content (AvgIpc) is 2.99. The highest BCUT2D eigenvalue weighted by molar-refractivity contribution is 7.89. The van der Waals surface area contributed by atoms with Gasteiger partial charge in [-0.15, -0.1) is 0 Å². The molecule has 8 nitrogen and oxygen atoms in total. The maximum atomic E-state index is 12.4. The SMILES string of the molecule is Cn1ncnc1COc1ccc(S(=O)(=O)N[C@H]2CCCNC2)cc1. The van der Waals surface area contributed by atoms with Crippen LogP contribution in [0.3, 0.4) is 0 Å². The lowest BCUT2D eigenvalue weighted by atomic mass is 10.1. The first-order valence-corrected chi connectivity index (χ1v) is 9.32. The number of ether oxygens (including phenoxy) is 1. The van der Waals surface area contributed by atoms with Crippen molar-refractivity contribution in [1.82, 2.24) is 24.8 Å². The molecular formula is C15H21N5O3S.